The Balaban J connectivity index is 1.93. The summed E-state index contributed by atoms with van der Waals surface area (Å²) >= 11 is 0. The molecule has 1 aromatic carbocycles. The SMILES string of the molecule is Cc1ccc(F)cc1CN1CCCC(N(C)CC(=O)O)CC1. The molecular formula is C17H25FN2O2. The molecule has 1 atom stereocenters. The topological polar surface area (TPSA) is 43.8 Å². The van der Waals surface area contributed by atoms with E-state index in [1.807, 2.05) is 24.9 Å². The molecule has 1 unspecified atom stereocenters. The van der Waals surface area contributed by atoms with Crippen LogP contribution in [-0.2, 0) is 11.3 Å². The maximum atomic E-state index is 13.4. The van der Waals surface area contributed by atoms with E-state index in [2.05, 4.69) is 4.90 Å². The summed E-state index contributed by atoms with van der Waals surface area (Å²) in [5.41, 5.74) is 2.16. The molecule has 1 fully saturated rings. The molecule has 0 aromatic heterocycles. The number of benzene rings is 1. The summed E-state index contributed by atoms with van der Waals surface area (Å²) in [6, 6.07) is 5.26. The first-order valence-electron chi connectivity index (χ1n) is 7.85. The van der Waals surface area contributed by atoms with Gasteiger partial charge in [0.1, 0.15) is 5.82 Å². The summed E-state index contributed by atoms with van der Waals surface area (Å²) in [7, 11) is 1.88. The van der Waals surface area contributed by atoms with Crippen LogP contribution in [0, 0.1) is 12.7 Å². The van der Waals surface area contributed by atoms with E-state index in [1.54, 1.807) is 6.07 Å². The van der Waals surface area contributed by atoms with E-state index < -0.39 is 5.97 Å². The second kappa shape index (κ2) is 7.70. The maximum Gasteiger partial charge on any atom is 0.317 e. The van der Waals surface area contributed by atoms with Gasteiger partial charge in [0.2, 0.25) is 0 Å². The summed E-state index contributed by atoms with van der Waals surface area (Å²) in [5, 5.41) is 8.90. The molecule has 1 aliphatic rings. The van der Waals surface area contributed by atoms with Crippen LogP contribution in [0.2, 0.25) is 0 Å². The number of carboxylic acid groups (broad SMARTS) is 1. The molecular weight excluding hydrogens is 283 g/mol. The summed E-state index contributed by atoms with van der Waals surface area (Å²) in [5.74, 6) is -0.964. The van der Waals surface area contributed by atoms with Gasteiger partial charge >= 0.3 is 5.97 Å². The summed E-state index contributed by atoms with van der Waals surface area (Å²) in [4.78, 5) is 15.1. The van der Waals surface area contributed by atoms with Gasteiger partial charge < -0.3 is 5.11 Å². The molecule has 1 heterocycles. The van der Waals surface area contributed by atoms with Crippen LogP contribution in [0.15, 0.2) is 18.2 Å². The Morgan fingerprint density at radius 2 is 2.18 bits per heavy atom. The third kappa shape index (κ3) is 4.78. The van der Waals surface area contributed by atoms with E-state index in [1.165, 1.54) is 6.07 Å². The van der Waals surface area contributed by atoms with Crippen LogP contribution in [0.1, 0.15) is 30.4 Å². The summed E-state index contributed by atoms with van der Waals surface area (Å²) < 4.78 is 13.4. The van der Waals surface area contributed by atoms with Gasteiger partial charge in [-0.05, 0) is 69.6 Å². The molecule has 1 aromatic rings. The fourth-order valence-corrected chi connectivity index (χ4v) is 3.13. The van der Waals surface area contributed by atoms with Crippen molar-refractivity contribution in [1.29, 1.82) is 0 Å². The van der Waals surface area contributed by atoms with Crippen molar-refractivity contribution in [3.05, 3.63) is 35.1 Å². The Morgan fingerprint density at radius 1 is 1.41 bits per heavy atom. The van der Waals surface area contributed by atoms with Crippen molar-refractivity contribution in [2.45, 2.75) is 38.8 Å². The molecule has 22 heavy (non-hydrogen) atoms. The van der Waals surface area contributed by atoms with Crippen LogP contribution in [0.25, 0.3) is 0 Å². The molecule has 2 rings (SSSR count). The van der Waals surface area contributed by atoms with E-state index >= 15 is 0 Å². The van der Waals surface area contributed by atoms with Crippen LogP contribution in [-0.4, -0.2) is 53.6 Å². The maximum absolute atomic E-state index is 13.4. The van der Waals surface area contributed by atoms with Crippen LogP contribution in [0.4, 0.5) is 4.39 Å². The Kier molecular flexibility index (Phi) is 5.91. The first kappa shape index (κ1) is 16.9. The lowest BCUT2D eigenvalue weighted by Crippen LogP contribution is -2.36. The highest BCUT2D eigenvalue weighted by molar-refractivity contribution is 5.69. The van der Waals surface area contributed by atoms with Crippen molar-refractivity contribution in [3.8, 4) is 0 Å². The van der Waals surface area contributed by atoms with Crippen LogP contribution >= 0.6 is 0 Å². The largest absolute Gasteiger partial charge is 0.480 e. The van der Waals surface area contributed by atoms with Crippen LogP contribution in [0.3, 0.4) is 0 Å². The smallest absolute Gasteiger partial charge is 0.317 e. The second-order valence-electron chi connectivity index (χ2n) is 6.24. The molecule has 0 aliphatic carbocycles. The quantitative estimate of drug-likeness (QED) is 0.908. The Morgan fingerprint density at radius 3 is 2.91 bits per heavy atom. The van der Waals surface area contributed by atoms with Crippen LogP contribution in [0.5, 0.6) is 0 Å². The molecule has 0 saturated carbocycles. The number of halogens is 1. The number of likely N-dealkylation sites (N-methyl/N-ethyl adjacent to an activating group) is 1. The monoisotopic (exact) mass is 308 g/mol. The third-order valence-corrected chi connectivity index (χ3v) is 4.50. The number of carboxylic acids is 1. The Labute approximate surface area is 131 Å². The van der Waals surface area contributed by atoms with Crippen molar-refractivity contribution >= 4 is 5.97 Å². The molecule has 0 amide bonds. The zero-order valence-electron chi connectivity index (χ0n) is 13.4. The molecule has 0 bridgehead atoms. The number of hydrogen-bond acceptors (Lipinski definition) is 3. The highest BCUT2D eigenvalue weighted by Gasteiger charge is 2.22. The number of rotatable bonds is 5. The summed E-state index contributed by atoms with van der Waals surface area (Å²) in [6.07, 6.45) is 3.02. The lowest BCUT2D eigenvalue weighted by molar-refractivity contribution is -0.138. The van der Waals surface area contributed by atoms with Gasteiger partial charge in [0.15, 0.2) is 0 Å². The van der Waals surface area contributed by atoms with E-state index in [4.69, 9.17) is 5.11 Å². The zero-order chi connectivity index (χ0) is 16.1. The van der Waals surface area contributed by atoms with Crippen molar-refractivity contribution in [3.63, 3.8) is 0 Å². The number of aryl methyl sites for hydroxylation is 1. The average molecular weight is 308 g/mol. The molecule has 0 spiro atoms. The first-order chi connectivity index (χ1) is 10.5. The molecule has 4 nitrogen and oxygen atoms in total. The molecule has 1 saturated heterocycles. The number of aliphatic carboxylic acids is 1. The Hall–Kier alpha value is -1.46. The lowest BCUT2D eigenvalue weighted by atomic mass is 10.1. The highest BCUT2D eigenvalue weighted by atomic mass is 19.1. The van der Waals surface area contributed by atoms with Gasteiger partial charge in [-0.15, -0.1) is 0 Å². The highest BCUT2D eigenvalue weighted by Crippen LogP contribution is 2.19. The average Bonchev–Trinajstić information content (AvgIpc) is 2.68. The van der Waals surface area contributed by atoms with E-state index in [0.29, 0.717) is 6.04 Å². The zero-order valence-corrected chi connectivity index (χ0v) is 13.4. The number of carbonyl (C=O) groups is 1. The van der Waals surface area contributed by atoms with Gasteiger partial charge in [-0.1, -0.05) is 6.07 Å². The van der Waals surface area contributed by atoms with Crippen LogP contribution < -0.4 is 0 Å². The van der Waals surface area contributed by atoms with Gasteiger partial charge in [0.25, 0.3) is 0 Å². The molecule has 122 valence electrons. The molecule has 1 N–H and O–H groups in total. The standard InChI is InChI=1S/C17H25FN2O2/c1-13-5-6-15(18)10-14(13)11-20-8-3-4-16(7-9-20)19(2)12-17(21)22/h5-6,10,16H,3-4,7-9,11-12H2,1-2H3,(H,21,22). The van der Waals surface area contributed by atoms with Gasteiger partial charge in [-0.25, -0.2) is 4.39 Å². The van der Waals surface area contributed by atoms with Gasteiger partial charge in [-0.2, -0.15) is 0 Å². The second-order valence-corrected chi connectivity index (χ2v) is 6.24. The lowest BCUT2D eigenvalue weighted by Gasteiger charge is -2.25. The molecule has 0 radical (unpaired) electrons. The fraction of sp³-hybridized carbons (Fsp3) is 0.588. The minimum atomic E-state index is -0.779. The molecule has 1 aliphatic heterocycles. The van der Waals surface area contributed by atoms with Gasteiger partial charge in [0.05, 0.1) is 6.54 Å². The summed E-state index contributed by atoms with van der Waals surface area (Å²) in [6.45, 7) is 4.76. The number of likely N-dealkylation sites (tertiary alicyclic amines) is 1. The molecule has 5 heteroatoms. The predicted molar refractivity (Wildman–Crippen MR) is 84.3 cm³/mol. The predicted octanol–water partition coefficient (Wildman–Crippen LogP) is 2.51. The minimum absolute atomic E-state index is 0.0909. The van der Waals surface area contributed by atoms with Crippen molar-refractivity contribution < 1.29 is 14.3 Å². The van der Waals surface area contributed by atoms with E-state index in [-0.39, 0.29) is 12.4 Å². The number of nitrogens with zero attached hydrogens (tertiary/aromatic N) is 2. The van der Waals surface area contributed by atoms with Gasteiger partial charge in [0, 0.05) is 12.6 Å². The minimum Gasteiger partial charge on any atom is -0.480 e. The van der Waals surface area contributed by atoms with E-state index in [9.17, 15) is 9.18 Å². The number of hydrogen-bond donors (Lipinski definition) is 1. The van der Waals surface area contributed by atoms with Crippen molar-refractivity contribution in [1.82, 2.24) is 9.80 Å². The van der Waals surface area contributed by atoms with Crippen molar-refractivity contribution in [2.75, 3.05) is 26.7 Å². The normalized spacial score (nSPS) is 20.1. The fourth-order valence-electron chi connectivity index (χ4n) is 3.13. The Bertz CT molecular complexity index is 521. The first-order valence-corrected chi connectivity index (χ1v) is 7.85. The third-order valence-electron chi connectivity index (χ3n) is 4.50. The van der Waals surface area contributed by atoms with Crippen molar-refractivity contribution in [2.24, 2.45) is 0 Å². The van der Waals surface area contributed by atoms with Gasteiger partial charge in [-0.3, -0.25) is 14.6 Å². The van der Waals surface area contributed by atoms with E-state index in [0.717, 1.165) is 50.0 Å².